The molecule has 0 rings (SSSR count). The molecule has 0 fully saturated rings. The first-order valence-corrected chi connectivity index (χ1v) is 9.31. The molecule has 0 unspecified atom stereocenters. The summed E-state index contributed by atoms with van der Waals surface area (Å²) in [7, 11) is 0. The molecule has 0 aromatic heterocycles. The Morgan fingerprint density at radius 2 is 1.58 bits per heavy atom. The Morgan fingerprint density at radius 1 is 1.00 bits per heavy atom. The van der Waals surface area contributed by atoms with Gasteiger partial charge in [0.25, 0.3) is 0 Å². The van der Waals surface area contributed by atoms with Gasteiger partial charge >= 0.3 is 0 Å². The molecule has 142 valence electrons. The van der Waals surface area contributed by atoms with Gasteiger partial charge in [-0.2, -0.15) is 0 Å². The highest BCUT2D eigenvalue weighted by molar-refractivity contribution is 5.83. The predicted molar refractivity (Wildman–Crippen MR) is 100 cm³/mol. The second kappa shape index (κ2) is 10.2. The number of ether oxygens (including phenoxy) is 1. The van der Waals surface area contributed by atoms with Crippen molar-refractivity contribution in [2.75, 3.05) is 13.2 Å². The number of carbonyl (C=O) groups excluding carboxylic acids is 2. The highest BCUT2D eigenvalue weighted by Gasteiger charge is 2.23. The average molecular weight is 342 g/mol. The van der Waals surface area contributed by atoms with Crippen LogP contribution in [0.5, 0.6) is 0 Å². The van der Waals surface area contributed by atoms with Gasteiger partial charge < -0.3 is 9.64 Å². The van der Waals surface area contributed by atoms with E-state index in [2.05, 4.69) is 34.6 Å². The van der Waals surface area contributed by atoms with Crippen LogP contribution in [0.25, 0.3) is 0 Å². The van der Waals surface area contributed by atoms with Crippen LogP contribution in [0.15, 0.2) is 0 Å². The number of Topliss-reactive ketones (excluding diaryl/α,β-unsaturated/α-hetero) is 1. The molecule has 0 aliphatic carbocycles. The summed E-state index contributed by atoms with van der Waals surface area (Å²) in [6.45, 7) is 17.3. The quantitative estimate of drug-likeness (QED) is 0.516. The number of carbonyl (C=O) groups is 2. The third-order valence-corrected chi connectivity index (χ3v) is 4.39. The lowest BCUT2D eigenvalue weighted by atomic mass is 9.92. The molecular weight excluding hydrogens is 302 g/mol. The summed E-state index contributed by atoms with van der Waals surface area (Å²) >= 11 is 0. The van der Waals surface area contributed by atoms with Gasteiger partial charge in [0.15, 0.2) is 5.78 Å². The van der Waals surface area contributed by atoms with Crippen LogP contribution in [0, 0.1) is 5.41 Å². The topological polar surface area (TPSA) is 46.6 Å². The van der Waals surface area contributed by atoms with Gasteiger partial charge in [0.1, 0.15) is 5.60 Å². The first kappa shape index (κ1) is 23.1. The summed E-state index contributed by atoms with van der Waals surface area (Å²) in [5.41, 5.74) is -0.453. The van der Waals surface area contributed by atoms with Gasteiger partial charge in [0.2, 0.25) is 5.91 Å². The Morgan fingerprint density at radius 3 is 2.04 bits per heavy atom. The molecule has 4 nitrogen and oxygen atoms in total. The van der Waals surface area contributed by atoms with Gasteiger partial charge in [-0.25, -0.2) is 0 Å². The Kier molecular flexibility index (Phi) is 9.79. The number of hydrogen-bond acceptors (Lipinski definition) is 3. The van der Waals surface area contributed by atoms with E-state index in [1.165, 1.54) is 0 Å². The van der Waals surface area contributed by atoms with E-state index >= 15 is 0 Å². The van der Waals surface area contributed by atoms with E-state index in [1.807, 2.05) is 4.90 Å². The lowest BCUT2D eigenvalue weighted by molar-refractivity contribution is -0.138. The largest absolute Gasteiger partial charge is 0.368 e. The zero-order chi connectivity index (χ0) is 19.0. The van der Waals surface area contributed by atoms with Gasteiger partial charge in [-0.15, -0.1) is 0 Å². The lowest BCUT2D eigenvalue weighted by Crippen LogP contribution is -2.38. The molecule has 0 saturated heterocycles. The number of rotatable bonds is 11. The molecule has 0 aromatic rings. The van der Waals surface area contributed by atoms with Crippen LogP contribution in [0.3, 0.4) is 0 Å². The molecule has 0 atom stereocenters. The van der Waals surface area contributed by atoms with E-state index in [0.717, 1.165) is 32.2 Å². The van der Waals surface area contributed by atoms with Gasteiger partial charge in [-0.05, 0) is 59.3 Å². The minimum absolute atomic E-state index is 0.0455. The first-order chi connectivity index (χ1) is 10.9. The van der Waals surface area contributed by atoms with Crippen molar-refractivity contribution in [3.63, 3.8) is 0 Å². The van der Waals surface area contributed by atoms with E-state index in [4.69, 9.17) is 4.74 Å². The van der Waals surface area contributed by atoms with Crippen molar-refractivity contribution < 1.29 is 14.3 Å². The van der Waals surface area contributed by atoms with E-state index < -0.39 is 5.60 Å². The lowest BCUT2D eigenvalue weighted by Gasteiger charge is -2.30. The summed E-state index contributed by atoms with van der Waals surface area (Å²) in [4.78, 5) is 25.8. The minimum Gasteiger partial charge on any atom is -0.368 e. The molecule has 4 heteroatoms. The second-order valence-corrected chi connectivity index (χ2v) is 8.72. The average Bonchev–Trinajstić information content (AvgIpc) is 2.40. The predicted octanol–water partition coefficient (Wildman–Crippen LogP) is 4.60. The normalized spacial score (nSPS) is 12.5. The molecule has 0 aromatic carbocycles. The van der Waals surface area contributed by atoms with E-state index in [-0.39, 0.29) is 23.1 Å². The summed E-state index contributed by atoms with van der Waals surface area (Å²) in [6, 6.07) is 0.250. The molecule has 0 aliphatic heterocycles. The summed E-state index contributed by atoms with van der Waals surface area (Å²) < 4.78 is 5.61. The van der Waals surface area contributed by atoms with Crippen molar-refractivity contribution in [3.8, 4) is 0 Å². The third kappa shape index (κ3) is 10.1. The Labute approximate surface area is 149 Å². The van der Waals surface area contributed by atoms with Crippen LogP contribution in [0.4, 0.5) is 0 Å². The maximum Gasteiger partial charge on any atom is 0.222 e. The molecule has 0 radical (unpaired) electrons. The van der Waals surface area contributed by atoms with Crippen LogP contribution >= 0.6 is 0 Å². The first-order valence-electron chi connectivity index (χ1n) is 9.31. The van der Waals surface area contributed by atoms with Crippen LogP contribution in [0.2, 0.25) is 0 Å². The van der Waals surface area contributed by atoms with E-state index in [9.17, 15) is 9.59 Å². The van der Waals surface area contributed by atoms with Gasteiger partial charge in [0.05, 0.1) is 0 Å². The number of amides is 1. The smallest absolute Gasteiger partial charge is 0.222 e. The highest BCUT2D eigenvalue weighted by Crippen LogP contribution is 2.20. The summed E-state index contributed by atoms with van der Waals surface area (Å²) in [5.74, 6) is 0.295. The zero-order valence-corrected chi connectivity index (χ0v) is 17.2. The molecule has 24 heavy (non-hydrogen) atoms. The molecule has 0 spiro atoms. The Bertz CT molecular complexity index is 394. The Balaban J connectivity index is 4.07. The second-order valence-electron chi connectivity index (χ2n) is 8.72. The van der Waals surface area contributed by atoms with Crippen molar-refractivity contribution in [3.05, 3.63) is 0 Å². The summed E-state index contributed by atoms with van der Waals surface area (Å²) in [6.07, 6.45) is 4.32. The SMILES string of the molecule is CC(=O)C(C)(C)OCCCCCC(=O)N(CCC(C)(C)C)C(C)C. The zero-order valence-electron chi connectivity index (χ0n) is 17.2. The van der Waals surface area contributed by atoms with Crippen LogP contribution in [-0.4, -0.2) is 41.4 Å². The maximum absolute atomic E-state index is 12.4. The molecule has 0 saturated carbocycles. The fourth-order valence-corrected chi connectivity index (χ4v) is 2.25. The number of ketones is 1. The van der Waals surface area contributed by atoms with Crippen LogP contribution < -0.4 is 0 Å². The van der Waals surface area contributed by atoms with Crippen molar-refractivity contribution in [2.24, 2.45) is 5.41 Å². The van der Waals surface area contributed by atoms with Crippen molar-refractivity contribution in [1.29, 1.82) is 0 Å². The number of unbranched alkanes of at least 4 members (excludes halogenated alkanes) is 2. The molecule has 1 amide bonds. The molecule has 0 bridgehead atoms. The van der Waals surface area contributed by atoms with E-state index in [0.29, 0.717) is 13.0 Å². The molecule has 0 heterocycles. The fraction of sp³-hybridized carbons (Fsp3) is 0.900. The van der Waals surface area contributed by atoms with Crippen LogP contribution in [-0.2, 0) is 14.3 Å². The number of nitrogens with zero attached hydrogens (tertiary/aromatic N) is 1. The van der Waals surface area contributed by atoms with Gasteiger partial charge in [0, 0.05) is 25.6 Å². The van der Waals surface area contributed by atoms with Crippen molar-refractivity contribution >= 4 is 11.7 Å². The van der Waals surface area contributed by atoms with Crippen molar-refractivity contribution in [2.45, 2.75) is 99.1 Å². The van der Waals surface area contributed by atoms with Crippen LogP contribution in [0.1, 0.15) is 87.5 Å². The maximum atomic E-state index is 12.4. The molecule has 0 aliphatic rings. The fourth-order valence-electron chi connectivity index (χ4n) is 2.25. The molecule has 0 N–H and O–H groups in total. The third-order valence-electron chi connectivity index (χ3n) is 4.39. The van der Waals surface area contributed by atoms with Crippen molar-refractivity contribution in [1.82, 2.24) is 4.90 Å². The van der Waals surface area contributed by atoms with Gasteiger partial charge in [-0.1, -0.05) is 27.2 Å². The Hall–Kier alpha value is -0.900. The minimum atomic E-state index is -0.697. The number of hydrogen-bond donors (Lipinski definition) is 0. The van der Waals surface area contributed by atoms with E-state index in [1.54, 1.807) is 20.8 Å². The highest BCUT2D eigenvalue weighted by atomic mass is 16.5. The summed E-state index contributed by atoms with van der Waals surface area (Å²) in [5, 5.41) is 0. The monoisotopic (exact) mass is 341 g/mol. The van der Waals surface area contributed by atoms with Gasteiger partial charge in [-0.3, -0.25) is 9.59 Å². The molecular formula is C20H39NO3. The standard InChI is InChI=1S/C20H39NO3/c1-16(2)21(14-13-19(4,5)6)18(23)12-10-9-11-15-24-20(7,8)17(3)22/h16H,9-15H2,1-8H3.